The van der Waals surface area contributed by atoms with Crippen molar-refractivity contribution in [3.63, 3.8) is 0 Å². The lowest BCUT2D eigenvalue weighted by atomic mass is 9.93. The van der Waals surface area contributed by atoms with E-state index in [9.17, 15) is 23.9 Å². The van der Waals surface area contributed by atoms with Gasteiger partial charge in [0.2, 0.25) is 12.3 Å². The van der Waals surface area contributed by atoms with Crippen LogP contribution in [0.15, 0.2) is 0 Å². The summed E-state index contributed by atoms with van der Waals surface area (Å²) in [7, 11) is 0. The highest BCUT2D eigenvalue weighted by molar-refractivity contribution is 5.82. The molecule has 1 rings (SSSR count). The molecule has 33 heavy (non-hydrogen) atoms. The van der Waals surface area contributed by atoms with Crippen molar-refractivity contribution in [2.24, 2.45) is 11.8 Å². The molecular weight excluding hydrogens is 431 g/mol. The molecule has 188 valence electrons. The molecule has 0 aromatic rings. The summed E-state index contributed by atoms with van der Waals surface area (Å²) in [6.45, 7) is 7.86. The Morgan fingerprint density at radius 2 is 1.94 bits per heavy atom. The highest BCUT2D eigenvalue weighted by atomic mass is 19.1. The van der Waals surface area contributed by atoms with Crippen LogP contribution in [0, 0.1) is 24.2 Å². The molecule has 1 aliphatic rings. The zero-order chi connectivity index (χ0) is 25.0. The first-order chi connectivity index (χ1) is 15.7. The van der Waals surface area contributed by atoms with E-state index in [4.69, 9.17) is 15.9 Å². The second kappa shape index (κ2) is 14.9. The topological polar surface area (TPSA) is 105 Å². The van der Waals surface area contributed by atoms with Gasteiger partial charge in [0.1, 0.15) is 18.2 Å². The van der Waals surface area contributed by atoms with Crippen molar-refractivity contribution in [1.82, 2.24) is 10.2 Å². The fourth-order valence-corrected chi connectivity index (χ4v) is 3.99. The average Bonchev–Trinajstić information content (AvgIpc) is 3.15. The Hall–Kier alpha value is -2.18. The number of amides is 1. The summed E-state index contributed by atoms with van der Waals surface area (Å²) in [6.07, 6.45) is 5.16. The van der Waals surface area contributed by atoms with Gasteiger partial charge >= 0.3 is 11.9 Å². The average molecular weight is 471 g/mol. The van der Waals surface area contributed by atoms with Gasteiger partial charge in [0.15, 0.2) is 0 Å². The van der Waals surface area contributed by atoms with Gasteiger partial charge in [-0.3, -0.25) is 19.3 Å². The molecule has 1 heterocycles. The Bertz CT molecular complexity index is 682. The van der Waals surface area contributed by atoms with Gasteiger partial charge in [-0.15, -0.1) is 6.42 Å². The van der Waals surface area contributed by atoms with Gasteiger partial charge in [-0.05, 0) is 25.2 Å². The minimum absolute atomic E-state index is 0.0349. The van der Waals surface area contributed by atoms with Crippen LogP contribution in [-0.2, 0) is 23.9 Å². The number of carbonyl (C=O) groups excluding carboxylic acids is 3. The third kappa shape index (κ3) is 8.94. The van der Waals surface area contributed by atoms with Gasteiger partial charge in [0.05, 0.1) is 6.61 Å². The van der Waals surface area contributed by atoms with Gasteiger partial charge in [-0.1, -0.05) is 39.5 Å². The number of unbranched alkanes of at least 4 members (excludes halogenated alkanes) is 1. The number of alkyl halides is 1. The van der Waals surface area contributed by atoms with Crippen molar-refractivity contribution in [2.45, 2.75) is 90.8 Å². The molecule has 1 fully saturated rings. The molecule has 0 aromatic heterocycles. The van der Waals surface area contributed by atoms with E-state index in [1.54, 1.807) is 11.8 Å². The van der Waals surface area contributed by atoms with E-state index < -0.39 is 42.4 Å². The molecule has 1 amide bonds. The van der Waals surface area contributed by atoms with Crippen molar-refractivity contribution in [3.05, 3.63) is 0 Å². The standard InChI is InChI=1S/C24H39FN2O6/c1-6-10-12-32-24(31)22-18(20(29)9-4)13-19(23(30)33-21(25)11-7-2)27(22)15-17(8-3)14-26-16(5)28/h4,17-22,29H,6-8,10-15H2,1-3,5H3,(H,26,28). The summed E-state index contributed by atoms with van der Waals surface area (Å²) in [4.78, 5) is 38.9. The van der Waals surface area contributed by atoms with Gasteiger partial charge in [0.25, 0.3) is 0 Å². The number of carbonyl (C=O) groups is 3. The number of hydrogen-bond acceptors (Lipinski definition) is 7. The Morgan fingerprint density at radius 1 is 1.24 bits per heavy atom. The van der Waals surface area contributed by atoms with E-state index in [1.165, 1.54) is 6.92 Å². The Labute approximate surface area is 196 Å². The first-order valence-electron chi connectivity index (χ1n) is 11.8. The predicted molar refractivity (Wildman–Crippen MR) is 121 cm³/mol. The molecular formula is C24H39FN2O6. The van der Waals surface area contributed by atoms with Crippen LogP contribution in [0.3, 0.4) is 0 Å². The summed E-state index contributed by atoms with van der Waals surface area (Å²) in [5.41, 5.74) is 0. The number of halogens is 1. The fourth-order valence-electron chi connectivity index (χ4n) is 3.99. The van der Waals surface area contributed by atoms with Crippen LogP contribution in [0.25, 0.3) is 0 Å². The van der Waals surface area contributed by atoms with E-state index in [0.29, 0.717) is 25.8 Å². The molecule has 9 heteroatoms. The van der Waals surface area contributed by atoms with Gasteiger partial charge in [-0.2, -0.15) is 0 Å². The second-order valence-electron chi connectivity index (χ2n) is 8.54. The number of hydrogen-bond donors (Lipinski definition) is 2. The molecule has 1 aliphatic heterocycles. The smallest absolute Gasteiger partial charge is 0.325 e. The SMILES string of the molecule is C#CC(O)C1CC(C(=O)OC(F)CCC)N(CC(CC)CNC(C)=O)C1C(=O)OCCCC. The molecule has 6 unspecified atom stereocenters. The quantitative estimate of drug-likeness (QED) is 0.228. The Balaban J connectivity index is 3.24. The lowest BCUT2D eigenvalue weighted by Crippen LogP contribution is -2.51. The van der Waals surface area contributed by atoms with Crippen LogP contribution in [-0.4, -0.2) is 72.1 Å². The number of aliphatic hydroxyl groups excluding tert-OH is 1. The van der Waals surface area contributed by atoms with Crippen LogP contribution >= 0.6 is 0 Å². The molecule has 0 bridgehead atoms. The number of terminal acetylenes is 1. The number of aliphatic hydroxyl groups is 1. The largest absolute Gasteiger partial charge is 0.465 e. The van der Waals surface area contributed by atoms with E-state index in [-0.39, 0.29) is 37.8 Å². The van der Waals surface area contributed by atoms with Crippen molar-refractivity contribution in [1.29, 1.82) is 0 Å². The molecule has 0 aliphatic carbocycles. The summed E-state index contributed by atoms with van der Waals surface area (Å²) >= 11 is 0. The minimum atomic E-state index is -1.75. The Kier molecular flexibility index (Phi) is 13.0. The molecule has 8 nitrogen and oxygen atoms in total. The number of rotatable bonds is 14. The predicted octanol–water partition coefficient (Wildman–Crippen LogP) is 2.18. The van der Waals surface area contributed by atoms with Crippen molar-refractivity contribution >= 4 is 17.8 Å². The summed E-state index contributed by atoms with van der Waals surface area (Å²) in [5, 5.41) is 13.2. The first kappa shape index (κ1) is 28.9. The Morgan fingerprint density at radius 3 is 2.48 bits per heavy atom. The minimum Gasteiger partial charge on any atom is -0.465 e. The summed E-state index contributed by atoms with van der Waals surface area (Å²) in [6, 6.07) is -1.95. The van der Waals surface area contributed by atoms with Gasteiger partial charge < -0.3 is 19.9 Å². The first-order valence-corrected chi connectivity index (χ1v) is 11.8. The van der Waals surface area contributed by atoms with Crippen molar-refractivity contribution < 1.29 is 33.4 Å². The summed E-state index contributed by atoms with van der Waals surface area (Å²) in [5.74, 6) is -0.212. The molecule has 0 aromatic carbocycles. The highest BCUT2D eigenvalue weighted by Gasteiger charge is 2.52. The normalized spacial score (nSPS) is 23.2. The zero-order valence-electron chi connectivity index (χ0n) is 20.2. The van der Waals surface area contributed by atoms with Gasteiger partial charge in [0, 0.05) is 32.4 Å². The lowest BCUT2D eigenvalue weighted by molar-refractivity contribution is -0.166. The van der Waals surface area contributed by atoms with E-state index >= 15 is 0 Å². The molecule has 0 saturated carbocycles. The lowest BCUT2D eigenvalue weighted by Gasteiger charge is -2.32. The monoisotopic (exact) mass is 470 g/mol. The van der Waals surface area contributed by atoms with Crippen LogP contribution in [0.4, 0.5) is 4.39 Å². The van der Waals surface area contributed by atoms with Crippen LogP contribution in [0.2, 0.25) is 0 Å². The number of nitrogens with one attached hydrogen (secondary N) is 1. The zero-order valence-corrected chi connectivity index (χ0v) is 20.2. The summed E-state index contributed by atoms with van der Waals surface area (Å²) < 4.78 is 24.5. The molecule has 6 atom stereocenters. The van der Waals surface area contributed by atoms with E-state index in [2.05, 4.69) is 11.2 Å². The van der Waals surface area contributed by atoms with Crippen LogP contribution in [0.1, 0.15) is 66.2 Å². The molecule has 2 N–H and O–H groups in total. The molecule has 1 saturated heterocycles. The third-order valence-electron chi connectivity index (χ3n) is 5.94. The van der Waals surface area contributed by atoms with Crippen LogP contribution in [0.5, 0.6) is 0 Å². The number of likely N-dealkylation sites (tertiary alicyclic amines) is 1. The number of esters is 2. The van der Waals surface area contributed by atoms with Crippen LogP contribution < -0.4 is 5.32 Å². The number of ether oxygens (including phenoxy) is 2. The maximum atomic E-state index is 14.1. The van der Waals surface area contributed by atoms with Gasteiger partial charge in [-0.25, -0.2) is 4.39 Å². The van der Waals surface area contributed by atoms with Crippen molar-refractivity contribution in [3.8, 4) is 12.3 Å². The maximum Gasteiger partial charge on any atom is 0.325 e. The third-order valence-corrected chi connectivity index (χ3v) is 5.94. The maximum absolute atomic E-state index is 14.1. The highest BCUT2D eigenvalue weighted by Crippen LogP contribution is 2.35. The second-order valence-corrected chi connectivity index (χ2v) is 8.54. The fraction of sp³-hybridized carbons (Fsp3) is 0.792. The number of nitrogens with zero attached hydrogens (tertiary/aromatic N) is 1. The van der Waals surface area contributed by atoms with Crippen molar-refractivity contribution in [2.75, 3.05) is 19.7 Å². The molecule has 0 radical (unpaired) electrons. The van der Waals surface area contributed by atoms with E-state index in [1.807, 2.05) is 13.8 Å². The van der Waals surface area contributed by atoms with E-state index in [0.717, 1.165) is 6.42 Å². The molecule has 0 spiro atoms.